The van der Waals surface area contributed by atoms with Gasteiger partial charge in [0.2, 0.25) is 0 Å². The predicted molar refractivity (Wildman–Crippen MR) is 138 cm³/mol. The van der Waals surface area contributed by atoms with Crippen molar-refractivity contribution < 1.29 is 10.2 Å². The molecule has 0 aliphatic heterocycles. The Kier molecular flexibility index (Phi) is 9.47. The van der Waals surface area contributed by atoms with E-state index in [1.165, 1.54) is 22.4 Å². The van der Waals surface area contributed by atoms with E-state index >= 15 is 0 Å². The molecule has 1 aromatic heterocycles. The van der Waals surface area contributed by atoms with E-state index in [0.29, 0.717) is 6.42 Å². The van der Waals surface area contributed by atoms with Gasteiger partial charge >= 0.3 is 0 Å². The second-order valence-corrected chi connectivity index (χ2v) is 8.96. The highest BCUT2D eigenvalue weighted by Gasteiger charge is 2.10. The van der Waals surface area contributed by atoms with E-state index in [1.54, 1.807) is 0 Å². The number of nitrogens with one attached hydrogen (secondary N) is 1. The number of aromatic nitrogens is 1. The lowest BCUT2D eigenvalue weighted by Gasteiger charge is -2.17. The zero-order valence-corrected chi connectivity index (χ0v) is 20.3. The van der Waals surface area contributed by atoms with Crippen LogP contribution in [-0.2, 0) is 12.8 Å². The molecule has 1 heterocycles. The zero-order valence-electron chi connectivity index (χ0n) is 20.3. The van der Waals surface area contributed by atoms with Crippen LogP contribution in [-0.4, -0.2) is 21.5 Å². The lowest BCUT2D eigenvalue weighted by atomic mass is 9.96. The molecule has 0 atom stereocenters. The smallest absolute Gasteiger partial charge is 0.151 e. The maximum atomic E-state index is 8.97. The van der Waals surface area contributed by atoms with E-state index in [2.05, 4.69) is 79.6 Å². The standard InChI is InChI=1S/C29H38N2O2/c1-4-23-11-10-13-28(25(23)12-8-6-5-7-9-14-29(32)33)31-24-17-16-22(3)26(19-24)27-18-15-21(2)20-30-27/h10-11,13,15-20,29,31-33H,4-9,12,14H2,1-3H3. The van der Waals surface area contributed by atoms with Crippen LogP contribution in [0.3, 0.4) is 0 Å². The van der Waals surface area contributed by atoms with Crippen molar-refractivity contribution >= 4 is 11.4 Å². The second-order valence-electron chi connectivity index (χ2n) is 8.96. The summed E-state index contributed by atoms with van der Waals surface area (Å²) in [7, 11) is 0. The molecule has 3 rings (SSSR count). The maximum absolute atomic E-state index is 8.97. The van der Waals surface area contributed by atoms with Gasteiger partial charge in [-0.2, -0.15) is 0 Å². The molecule has 2 aromatic carbocycles. The number of pyridine rings is 1. The van der Waals surface area contributed by atoms with Crippen LogP contribution in [0.1, 0.15) is 67.7 Å². The first-order chi connectivity index (χ1) is 16.0. The minimum absolute atomic E-state index is 0.476. The monoisotopic (exact) mass is 446 g/mol. The van der Waals surface area contributed by atoms with Crippen LogP contribution < -0.4 is 5.32 Å². The number of rotatable bonds is 12. The van der Waals surface area contributed by atoms with E-state index in [1.807, 2.05) is 6.20 Å². The summed E-state index contributed by atoms with van der Waals surface area (Å²) in [6, 6.07) is 17.3. The average molecular weight is 447 g/mol. The fourth-order valence-corrected chi connectivity index (χ4v) is 4.30. The molecule has 0 spiro atoms. The van der Waals surface area contributed by atoms with Crippen LogP contribution in [0.4, 0.5) is 11.4 Å². The number of benzene rings is 2. The van der Waals surface area contributed by atoms with Gasteiger partial charge in [0.05, 0.1) is 5.69 Å². The van der Waals surface area contributed by atoms with Crippen molar-refractivity contribution in [1.82, 2.24) is 4.98 Å². The molecule has 0 radical (unpaired) electrons. The van der Waals surface area contributed by atoms with E-state index < -0.39 is 6.29 Å². The minimum atomic E-state index is -1.17. The molecule has 0 bridgehead atoms. The average Bonchev–Trinajstić information content (AvgIpc) is 2.80. The molecule has 0 aliphatic rings. The number of nitrogens with zero attached hydrogens (tertiary/aromatic N) is 1. The predicted octanol–water partition coefficient (Wildman–Crippen LogP) is 6.87. The third kappa shape index (κ3) is 7.41. The summed E-state index contributed by atoms with van der Waals surface area (Å²) < 4.78 is 0. The van der Waals surface area contributed by atoms with Crippen molar-refractivity contribution in [2.24, 2.45) is 0 Å². The van der Waals surface area contributed by atoms with Crippen LogP contribution in [0, 0.1) is 13.8 Å². The summed E-state index contributed by atoms with van der Waals surface area (Å²) in [5.74, 6) is 0. The number of unbranched alkanes of at least 4 members (excludes halogenated alkanes) is 4. The van der Waals surface area contributed by atoms with Crippen LogP contribution in [0.25, 0.3) is 11.3 Å². The lowest BCUT2D eigenvalue weighted by molar-refractivity contribution is -0.0466. The van der Waals surface area contributed by atoms with Crippen LogP contribution >= 0.6 is 0 Å². The van der Waals surface area contributed by atoms with Gasteiger partial charge in [0.25, 0.3) is 0 Å². The second kappa shape index (κ2) is 12.5. The number of hydrogen-bond acceptors (Lipinski definition) is 4. The van der Waals surface area contributed by atoms with Crippen molar-refractivity contribution in [3.05, 3.63) is 77.0 Å². The van der Waals surface area contributed by atoms with Gasteiger partial charge in [-0.3, -0.25) is 4.98 Å². The van der Waals surface area contributed by atoms with E-state index in [-0.39, 0.29) is 0 Å². The number of aliphatic hydroxyl groups excluding tert-OH is 1. The molecule has 0 aliphatic carbocycles. The molecule has 0 fully saturated rings. The Labute approximate surface area is 198 Å². The first-order valence-corrected chi connectivity index (χ1v) is 12.3. The Bertz CT molecular complexity index is 1010. The number of hydrogen-bond donors (Lipinski definition) is 3. The molecule has 4 heteroatoms. The Morgan fingerprint density at radius 3 is 2.42 bits per heavy atom. The molecule has 4 nitrogen and oxygen atoms in total. The van der Waals surface area contributed by atoms with E-state index in [9.17, 15) is 0 Å². The van der Waals surface area contributed by atoms with Gasteiger partial charge in [-0.1, -0.05) is 50.5 Å². The van der Waals surface area contributed by atoms with Gasteiger partial charge < -0.3 is 15.5 Å². The van der Waals surface area contributed by atoms with Crippen LogP contribution in [0.15, 0.2) is 54.7 Å². The van der Waals surface area contributed by atoms with Gasteiger partial charge in [0, 0.05) is 23.1 Å². The fourth-order valence-electron chi connectivity index (χ4n) is 4.30. The van der Waals surface area contributed by atoms with Crippen LogP contribution in [0.2, 0.25) is 0 Å². The topological polar surface area (TPSA) is 65.4 Å². The largest absolute Gasteiger partial charge is 0.368 e. The molecule has 0 saturated heterocycles. The lowest BCUT2D eigenvalue weighted by Crippen LogP contribution is -2.03. The zero-order chi connectivity index (χ0) is 23.6. The molecule has 33 heavy (non-hydrogen) atoms. The van der Waals surface area contributed by atoms with Crippen molar-refractivity contribution in [2.75, 3.05) is 5.32 Å². The normalized spacial score (nSPS) is 11.2. The fraction of sp³-hybridized carbons (Fsp3) is 0.414. The summed E-state index contributed by atoms with van der Waals surface area (Å²) in [5.41, 5.74) is 9.60. The Morgan fingerprint density at radius 1 is 0.909 bits per heavy atom. The first-order valence-electron chi connectivity index (χ1n) is 12.3. The molecule has 0 saturated carbocycles. The highest BCUT2D eigenvalue weighted by molar-refractivity contribution is 5.73. The summed E-state index contributed by atoms with van der Waals surface area (Å²) in [6.45, 7) is 6.41. The number of aryl methyl sites for hydroxylation is 3. The summed E-state index contributed by atoms with van der Waals surface area (Å²) in [4.78, 5) is 4.63. The van der Waals surface area contributed by atoms with Gasteiger partial charge in [0.1, 0.15) is 0 Å². The van der Waals surface area contributed by atoms with Crippen molar-refractivity contribution in [3.8, 4) is 11.3 Å². The van der Waals surface area contributed by atoms with Gasteiger partial charge in [0.15, 0.2) is 6.29 Å². The summed E-state index contributed by atoms with van der Waals surface area (Å²) in [5, 5.41) is 21.6. The maximum Gasteiger partial charge on any atom is 0.151 e. The van der Waals surface area contributed by atoms with Crippen molar-refractivity contribution in [1.29, 1.82) is 0 Å². The number of aliphatic hydroxyl groups is 2. The summed E-state index contributed by atoms with van der Waals surface area (Å²) in [6.07, 6.45) is 8.66. The molecular weight excluding hydrogens is 408 g/mol. The Hall–Kier alpha value is -2.69. The third-order valence-electron chi connectivity index (χ3n) is 6.25. The minimum Gasteiger partial charge on any atom is -0.368 e. The molecule has 3 N–H and O–H groups in total. The highest BCUT2D eigenvalue weighted by Crippen LogP contribution is 2.30. The van der Waals surface area contributed by atoms with Gasteiger partial charge in [-0.15, -0.1) is 0 Å². The summed E-state index contributed by atoms with van der Waals surface area (Å²) >= 11 is 0. The third-order valence-corrected chi connectivity index (χ3v) is 6.25. The first kappa shape index (κ1) is 24.9. The Morgan fingerprint density at radius 2 is 1.70 bits per heavy atom. The number of anilines is 2. The van der Waals surface area contributed by atoms with Crippen molar-refractivity contribution in [2.45, 2.75) is 78.4 Å². The molecule has 0 unspecified atom stereocenters. The van der Waals surface area contributed by atoms with E-state index in [4.69, 9.17) is 10.2 Å². The molecule has 0 amide bonds. The molecular formula is C29H38N2O2. The highest BCUT2D eigenvalue weighted by atomic mass is 16.5. The van der Waals surface area contributed by atoms with Gasteiger partial charge in [-0.25, -0.2) is 0 Å². The quantitative estimate of drug-likeness (QED) is 0.210. The Balaban J connectivity index is 1.70. The van der Waals surface area contributed by atoms with Crippen molar-refractivity contribution in [3.63, 3.8) is 0 Å². The molecule has 176 valence electrons. The van der Waals surface area contributed by atoms with Crippen LogP contribution in [0.5, 0.6) is 0 Å². The SMILES string of the molecule is CCc1cccc(Nc2ccc(C)c(-c3ccc(C)cn3)c2)c1CCCCCCCC(O)O. The van der Waals surface area contributed by atoms with Gasteiger partial charge in [-0.05, 0) is 92.5 Å². The molecule has 3 aromatic rings. The van der Waals surface area contributed by atoms with E-state index in [0.717, 1.165) is 67.5 Å².